The molecule has 0 aliphatic rings. The van der Waals surface area contributed by atoms with Gasteiger partial charge in [-0.15, -0.1) is 0 Å². The van der Waals surface area contributed by atoms with Crippen molar-refractivity contribution in [2.24, 2.45) is 0 Å². The molecule has 1 nitrogen and oxygen atoms in total. The summed E-state index contributed by atoms with van der Waals surface area (Å²) in [6.45, 7) is 2.75. The van der Waals surface area contributed by atoms with Gasteiger partial charge in [0.25, 0.3) is 0 Å². The Hall–Kier alpha value is -0.740. The van der Waals surface area contributed by atoms with E-state index in [1.165, 1.54) is 12.1 Å². The largest absolute Gasteiger partial charge is 0.319 e. The molecule has 4 heteroatoms. The van der Waals surface area contributed by atoms with Crippen LogP contribution in [0.15, 0.2) is 28.3 Å². The fraction of sp³-hybridized carbons (Fsp3) is 0.385. The molecule has 1 N–H and O–H groups in total. The Bertz CT molecular complexity index is 416. The lowest BCUT2D eigenvalue weighted by Gasteiger charge is -2.07. The Balaban J connectivity index is 2.81. The molecular formula is C13H16BrF2N. The number of benzene rings is 1. The summed E-state index contributed by atoms with van der Waals surface area (Å²) in [5, 5.41) is 3.02. The van der Waals surface area contributed by atoms with Crippen LogP contribution in [-0.4, -0.2) is 13.6 Å². The quantitative estimate of drug-likeness (QED) is 0.495. The van der Waals surface area contributed by atoms with Crippen molar-refractivity contribution in [3.05, 3.63) is 45.5 Å². The van der Waals surface area contributed by atoms with E-state index in [4.69, 9.17) is 0 Å². The van der Waals surface area contributed by atoms with Gasteiger partial charge in [-0.3, -0.25) is 0 Å². The minimum absolute atomic E-state index is 0.123. The first-order valence-electron chi connectivity index (χ1n) is 5.49. The molecule has 0 saturated heterocycles. The third-order valence-corrected chi connectivity index (χ3v) is 3.09. The number of allylic oxidation sites excluding steroid dienone is 1. The van der Waals surface area contributed by atoms with Gasteiger partial charge in [0.05, 0.1) is 4.47 Å². The first kappa shape index (κ1) is 14.3. The van der Waals surface area contributed by atoms with E-state index in [1.54, 1.807) is 0 Å². The molecule has 1 aromatic rings. The van der Waals surface area contributed by atoms with Crippen molar-refractivity contribution in [3.63, 3.8) is 0 Å². The van der Waals surface area contributed by atoms with Crippen LogP contribution in [0.3, 0.4) is 0 Å². The average molecular weight is 304 g/mol. The second-order valence-electron chi connectivity index (χ2n) is 3.94. The van der Waals surface area contributed by atoms with Crippen LogP contribution in [0, 0.1) is 11.6 Å². The van der Waals surface area contributed by atoms with Gasteiger partial charge in [0.2, 0.25) is 0 Å². The van der Waals surface area contributed by atoms with Gasteiger partial charge < -0.3 is 5.32 Å². The molecule has 0 heterocycles. The van der Waals surface area contributed by atoms with Crippen LogP contribution in [0.5, 0.6) is 0 Å². The monoisotopic (exact) mass is 303 g/mol. The average Bonchev–Trinajstić information content (AvgIpc) is 2.30. The lowest BCUT2D eigenvalue weighted by Crippen LogP contribution is -2.06. The third kappa shape index (κ3) is 4.21. The predicted octanol–water partition coefficient (Wildman–Crippen LogP) is 3.83. The Morgan fingerprint density at radius 1 is 1.41 bits per heavy atom. The number of halogens is 3. The van der Waals surface area contributed by atoms with Crippen LogP contribution in [-0.2, 0) is 6.42 Å². The topological polar surface area (TPSA) is 12.0 Å². The van der Waals surface area contributed by atoms with E-state index in [2.05, 4.69) is 21.2 Å². The Kier molecular flexibility index (Phi) is 5.78. The summed E-state index contributed by atoms with van der Waals surface area (Å²) >= 11 is 3.06. The maximum atomic E-state index is 13.7. The van der Waals surface area contributed by atoms with Crippen LogP contribution in [0.25, 0.3) is 0 Å². The molecular weight excluding hydrogens is 288 g/mol. The lowest BCUT2D eigenvalue weighted by molar-refractivity contribution is 0.556. The second kappa shape index (κ2) is 6.87. The first-order valence-corrected chi connectivity index (χ1v) is 6.28. The van der Waals surface area contributed by atoms with E-state index < -0.39 is 11.6 Å². The van der Waals surface area contributed by atoms with Crippen LogP contribution in [0.1, 0.15) is 18.9 Å². The van der Waals surface area contributed by atoms with Crippen LogP contribution in [0.4, 0.5) is 8.78 Å². The molecule has 17 heavy (non-hydrogen) atoms. The minimum Gasteiger partial charge on any atom is -0.319 e. The van der Waals surface area contributed by atoms with Gasteiger partial charge in [-0.1, -0.05) is 11.6 Å². The van der Waals surface area contributed by atoms with Crippen molar-refractivity contribution in [2.45, 2.75) is 19.8 Å². The maximum absolute atomic E-state index is 13.7. The molecule has 0 saturated carbocycles. The lowest BCUT2D eigenvalue weighted by atomic mass is 10.0. The highest BCUT2D eigenvalue weighted by molar-refractivity contribution is 9.10. The van der Waals surface area contributed by atoms with Gasteiger partial charge in [0.1, 0.15) is 11.6 Å². The molecule has 0 aliphatic heterocycles. The second-order valence-corrected chi connectivity index (χ2v) is 4.80. The molecule has 0 radical (unpaired) electrons. The summed E-state index contributed by atoms with van der Waals surface area (Å²) in [4.78, 5) is 0. The van der Waals surface area contributed by atoms with Gasteiger partial charge in [0.15, 0.2) is 0 Å². The fourth-order valence-electron chi connectivity index (χ4n) is 1.55. The fourth-order valence-corrected chi connectivity index (χ4v) is 1.92. The zero-order chi connectivity index (χ0) is 12.8. The molecule has 1 aromatic carbocycles. The Morgan fingerprint density at radius 2 is 2.12 bits per heavy atom. The highest BCUT2D eigenvalue weighted by Gasteiger charge is 2.12. The van der Waals surface area contributed by atoms with Gasteiger partial charge in [-0.25, -0.2) is 8.78 Å². The van der Waals surface area contributed by atoms with Gasteiger partial charge in [-0.2, -0.15) is 0 Å². The smallest absolute Gasteiger partial charge is 0.143 e. The SMILES string of the molecule is CNCC/C=C(/C)Cc1c(F)ccc(Br)c1F. The summed E-state index contributed by atoms with van der Waals surface area (Å²) in [5.74, 6) is -1.00. The van der Waals surface area contributed by atoms with Crippen molar-refractivity contribution in [1.29, 1.82) is 0 Å². The summed E-state index contributed by atoms with van der Waals surface area (Å²) in [6.07, 6.45) is 3.16. The number of nitrogens with one attached hydrogen (secondary N) is 1. The molecule has 0 amide bonds. The predicted molar refractivity (Wildman–Crippen MR) is 70.1 cm³/mol. The summed E-state index contributed by atoms with van der Waals surface area (Å²) in [6, 6.07) is 2.66. The molecule has 0 spiro atoms. The molecule has 0 bridgehead atoms. The van der Waals surface area contributed by atoms with Gasteiger partial charge in [-0.05, 0) is 61.4 Å². The number of hydrogen-bond acceptors (Lipinski definition) is 1. The molecule has 94 valence electrons. The van der Waals surface area contributed by atoms with Gasteiger partial charge in [0, 0.05) is 5.56 Å². The normalized spacial score (nSPS) is 11.9. The van der Waals surface area contributed by atoms with E-state index in [1.807, 2.05) is 20.0 Å². The van der Waals surface area contributed by atoms with E-state index in [-0.39, 0.29) is 5.56 Å². The van der Waals surface area contributed by atoms with Gasteiger partial charge >= 0.3 is 0 Å². The van der Waals surface area contributed by atoms with Crippen molar-refractivity contribution < 1.29 is 8.78 Å². The molecule has 0 atom stereocenters. The molecule has 0 unspecified atom stereocenters. The van der Waals surface area contributed by atoms with Crippen molar-refractivity contribution in [2.75, 3.05) is 13.6 Å². The minimum atomic E-state index is -0.508. The first-order chi connectivity index (χ1) is 8.06. The van der Waals surface area contributed by atoms with Crippen molar-refractivity contribution in [1.82, 2.24) is 5.32 Å². The highest BCUT2D eigenvalue weighted by Crippen LogP contribution is 2.23. The summed E-state index contributed by atoms with van der Waals surface area (Å²) in [5.41, 5.74) is 1.09. The zero-order valence-electron chi connectivity index (χ0n) is 9.99. The van der Waals surface area contributed by atoms with E-state index in [9.17, 15) is 8.78 Å². The number of hydrogen-bond donors (Lipinski definition) is 1. The zero-order valence-corrected chi connectivity index (χ0v) is 11.6. The van der Waals surface area contributed by atoms with Crippen LogP contribution < -0.4 is 5.32 Å². The molecule has 0 aliphatic carbocycles. The van der Waals surface area contributed by atoms with Crippen LogP contribution >= 0.6 is 15.9 Å². The molecule has 0 fully saturated rings. The summed E-state index contributed by atoms with van der Waals surface area (Å²) < 4.78 is 27.5. The Morgan fingerprint density at radius 3 is 2.76 bits per heavy atom. The Labute approximate surface area is 109 Å². The summed E-state index contributed by atoms with van der Waals surface area (Å²) in [7, 11) is 1.87. The third-order valence-electron chi connectivity index (χ3n) is 2.48. The van der Waals surface area contributed by atoms with E-state index >= 15 is 0 Å². The van der Waals surface area contributed by atoms with E-state index in [0.29, 0.717) is 10.9 Å². The molecule has 1 rings (SSSR count). The van der Waals surface area contributed by atoms with Crippen LogP contribution in [0.2, 0.25) is 0 Å². The molecule has 0 aromatic heterocycles. The highest BCUT2D eigenvalue weighted by atomic mass is 79.9. The maximum Gasteiger partial charge on any atom is 0.143 e. The number of rotatable bonds is 5. The van der Waals surface area contributed by atoms with E-state index in [0.717, 1.165) is 18.5 Å². The van der Waals surface area contributed by atoms with Crippen molar-refractivity contribution >= 4 is 15.9 Å². The van der Waals surface area contributed by atoms with Crippen molar-refractivity contribution in [3.8, 4) is 0 Å². The standard InChI is InChI=1S/C13H16BrF2N/c1-9(4-3-7-17-2)8-10-12(15)6-5-11(14)13(10)16/h4-6,17H,3,7-8H2,1-2H3/b9-4-.